The lowest BCUT2D eigenvalue weighted by molar-refractivity contribution is -0.132. The van der Waals surface area contributed by atoms with Gasteiger partial charge in [0, 0.05) is 51.7 Å². The van der Waals surface area contributed by atoms with Gasteiger partial charge in [0.1, 0.15) is 0 Å². The summed E-state index contributed by atoms with van der Waals surface area (Å²) >= 11 is 0. The Morgan fingerprint density at radius 2 is 1.92 bits per heavy atom. The van der Waals surface area contributed by atoms with Crippen LogP contribution in [0.1, 0.15) is 18.4 Å². The molecule has 3 rings (SSSR count). The van der Waals surface area contributed by atoms with Crippen LogP contribution in [0.15, 0.2) is 30.3 Å². The zero-order chi connectivity index (χ0) is 15.9. The monoisotopic (exact) mass is 389 g/mol. The number of nitrogens with zero attached hydrogens (tertiary/aromatic N) is 2. The van der Waals surface area contributed by atoms with Gasteiger partial charge in [0.2, 0.25) is 5.91 Å². The first-order chi connectivity index (χ1) is 11.3. The highest BCUT2D eigenvalue weighted by atomic mass is 35.5. The molecule has 25 heavy (non-hydrogen) atoms. The molecule has 0 radical (unpaired) electrons. The smallest absolute Gasteiger partial charge is 0.224 e. The average molecular weight is 390 g/mol. The number of morpholine rings is 1. The normalized spacial score (nSPS) is 21.6. The van der Waals surface area contributed by atoms with E-state index in [0.717, 1.165) is 52.3 Å². The molecule has 2 aliphatic heterocycles. The van der Waals surface area contributed by atoms with Crippen LogP contribution in [0.3, 0.4) is 0 Å². The number of amides is 1. The highest BCUT2D eigenvalue weighted by Crippen LogP contribution is 2.11. The number of carbonyl (C=O) groups excluding carboxylic acids is 1. The number of carbonyl (C=O) groups is 1. The first-order valence-electron chi connectivity index (χ1n) is 8.66. The fourth-order valence-electron chi connectivity index (χ4n) is 3.31. The summed E-state index contributed by atoms with van der Waals surface area (Å²) in [6.45, 7) is 6.95. The Morgan fingerprint density at radius 1 is 1.12 bits per heavy atom. The van der Waals surface area contributed by atoms with Crippen molar-refractivity contribution in [3.63, 3.8) is 0 Å². The van der Waals surface area contributed by atoms with Crippen molar-refractivity contribution in [2.24, 2.45) is 0 Å². The lowest BCUT2D eigenvalue weighted by Crippen LogP contribution is -2.45. The number of hydrogen-bond donors (Lipinski definition) is 1. The molecule has 0 aliphatic carbocycles. The maximum absolute atomic E-state index is 12.5. The van der Waals surface area contributed by atoms with Gasteiger partial charge in [-0.2, -0.15) is 0 Å². The Kier molecular flexibility index (Phi) is 10.4. The Morgan fingerprint density at radius 3 is 2.64 bits per heavy atom. The largest absolute Gasteiger partial charge is 0.378 e. The third-order valence-electron chi connectivity index (χ3n) is 4.61. The Hall–Kier alpha value is -0.850. The predicted octanol–water partition coefficient (Wildman–Crippen LogP) is 1.94. The van der Waals surface area contributed by atoms with E-state index in [-0.39, 0.29) is 36.8 Å². The SMILES string of the molecule is Cl.Cl.O=C(CC1COCCN1)N1CCCN(Cc2ccccc2)CC1. The van der Waals surface area contributed by atoms with E-state index in [1.807, 2.05) is 4.90 Å². The van der Waals surface area contributed by atoms with E-state index in [2.05, 4.69) is 40.5 Å². The van der Waals surface area contributed by atoms with Crippen LogP contribution < -0.4 is 5.32 Å². The lowest BCUT2D eigenvalue weighted by Gasteiger charge is -2.27. The third kappa shape index (κ3) is 7.12. The molecule has 1 atom stereocenters. The molecule has 0 spiro atoms. The molecule has 2 fully saturated rings. The number of halogens is 2. The summed E-state index contributed by atoms with van der Waals surface area (Å²) < 4.78 is 5.44. The van der Waals surface area contributed by atoms with Gasteiger partial charge in [-0.1, -0.05) is 30.3 Å². The highest BCUT2D eigenvalue weighted by Gasteiger charge is 2.23. The Bertz CT molecular complexity index is 498. The molecule has 0 aromatic heterocycles. The molecule has 1 N–H and O–H groups in total. The molecule has 2 aliphatic rings. The molecule has 2 heterocycles. The van der Waals surface area contributed by atoms with Crippen molar-refractivity contribution in [3.05, 3.63) is 35.9 Å². The van der Waals surface area contributed by atoms with Crippen LogP contribution in [-0.2, 0) is 16.1 Å². The standard InChI is InChI=1S/C18H27N3O2.2ClH/c22-18(13-17-15-23-12-7-19-17)21-9-4-8-20(10-11-21)14-16-5-2-1-3-6-16;;/h1-3,5-6,17,19H,4,7-15H2;2*1H. The van der Waals surface area contributed by atoms with Crippen LogP contribution in [0.25, 0.3) is 0 Å². The van der Waals surface area contributed by atoms with Crippen molar-refractivity contribution in [2.45, 2.75) is 25.4 Å². The number of nitrogens with one attached hydrogen (secondary N) is 1. The predicted molar refractivity (Wildman–Crippen MR) is 105 cm³/mol. The maximum Gasteiger partial charge on any atom is 0.224 e. The molecule has 1 amide bonds. The summed E-state index contributed by atoms with van der Waals surface area (Å²) in [7, 11) is 0. The van der Waals surface area contributed by atoms with Gasteiger partial charge < -0.3 is 15.0 Å². The minimum Gasteiger partial charge on any atom is -0.378 e. The van der Waals surface area contributed by atoms with Crippen LogP contribution in [0.5, 0.6) is 0 Å². The van der Waals surface area contributed by atoms with Crippen molar-refractivity contribution in [1.29, 1.82) is 0 Å². The molecule has 0 saturated carbocycles. The van der Waals surface area contributed by atoms with Crippen LogP contribution in [0, 0.1) is 0 Å². The molecular formula is C18H29Cl2N3O2. The van der Waals surface area contributed by atoms with E-state index in [1.165, 1.54) is 5.56 Å². The van der Waals surface area contributed by atoms with Gasteiger partial charge >= 0.3 is 0 Å². The van der Waals surface area contributed by atoms with Gasteiger partial charge in [0.25, 0.3) is 0 Å². The summed E-state index contributed by atoms with van der Waals surface area (Å²) in [5, 5.41) is 3.36. The molecule has 142 valence electrons. The maximum atomic E-state index is 12.5. The van der Waals surface area contributed by atoms with E-state index >= 15 is 0 Å². The second-order valence-electron chi connectivity index (χ2n) is 6.43. The fourth-order valence-corrected chi connectivity index (χ4v) is 3.31. The van der Waals surface area contributed by atoms with Gasteiger partial charge in [-0.15, -0.1) is 24.8 Å². The van der Waals surface area contributed by atoms with E-state index < -0.39 is 0 Å². The molecule has 2 saturated heterocycles. The second-order valence-corrected chi connectivity index (χ2v) is 6.43. The van der Waals surface area contributed by atoms with Crippen molar-refractivity contribution in [2.75, 3.05) is 45.9 Å². The van der Waals surface area contributed by atoms with E-state index in [1.54, 1.807) is 0 Å². The number of hydrogen-bond acceptors (Lipinski definition) is 4. The van der Waals surface area contributed by atoms with Crippen molar-refractivity contribution < 1.29 is 9.53 Å². The van der Waals surface area contributed by atoms with Crippen molar-refractivity contribution >= 4 is 30.7 Å². The minimum atomic E-state index is 0. The van der Waals surface area contributed by atoms with Gasteiger partial charge in [0.15, 0.2) is 0 Å². The van der Waals surface area contributed by atoms with Crippen molar-refractivity contribution in [1.82, 2.24) is 15.1 Å². The topological polar surface area (TPSA) is 44.8 Å². The van der Waals surface area contributed by atoms with Crippen LogP contribution in [-0.4, -0.2) is 67.7 Å². The van der Waals surface area contributed by atoms with Gasteiger partial charge in [-0.25, -0.2) is 0 Å². The summed E-state index contributed by atoms with van der Waals surface area (Å²) in [5.41, 5.74) is 1.34. The average Bonchev–Trinajstić information content (AvgIpc) is 2.82. The number of rotatable bonds is 4. The first kappa shape index (κ1) is 22.2. The van der Waals surface area contributed by atoms with Gasteiger partial charge in [-0.05, 0) is 12.0 Å². The Balaban J connectivity index is 0.00000156. The fraction of sp³-hybridized carbons (Fsp3) is 0.611. The Labute approximate surface area is 162 Å². The van der Waals surface area contributed by atoms with Crippen molar-refractivity contribution in [3.8, 4) is 0 Å². The van der Waals surface area contributed by atoms with E-state index in [4.69, 9.17) is 4.74 Å². The molecule has 1 unspecified atom stereocenters. The second kappa shape index (κ2) is 11.7. The first-order valence-corrected chi connectivity index (χ1v) is 8.66. The summed E-state index contributed by atoms with van der Waals surface area (Å²) in [6, 6.07) is 10.7. The zero-order valence-electron chi connectivity index (χ0n) is 14.6. The minimum absolute atomic E-state index is 0. The summed E-state index contributed by atoms with van der Waals surface area (Å²) in [6.07, 6.45) is 1.60. The molecule has 1 aromatic carbocycles. The molecular weight excluding hydrogens is 361 g/mol. The molecule has 0 bridgehead atoms. The van der Waals surface area contributed by atoms with E-state index in [0.29, 0.717) is 13.0 Å². The number of benzene rings is 1. The molecule has 7 heteroatoms. The highest BCUT2D eigenvalue weighted by molar-refractivity contribution is 5.85. The van der Waals surface area contributed by atoms with Crippen LogP contribution in [0.4, 0.5) is 0 Å². The van der Waals surface area contributed by atoms with Crippen LogP contribution in [0.2, 0.25) is 0 Å². The summed E-state index contributed by atoms with van der Waals surface area (Å²) in [5.74, 6) is 0.259. The lowest BCUT2D eigenvalue weighted by atomic mass is 10.1. The molecule has 1 aromatic rings. The number of ether oxygens (including phenoxy) is 1. The molecule has 5 nitrogen and oxygen atoms in total. The van der Waals surface area contributed by atoms with E-state index in [9.17, 15) is 4.79 Å². The quantitative estimate of drug-likeness (QED) is 0.854. The third-order valence-corrected chi connectivity index (χ3v) is 4.61. The zero-order valence-corrected chi connectivity index (χ0v) is 16.2. The van der Waals surface area contributed by atoms with Gasteiger partial charge in [0.05, 0.1) is 13.2 Å². The van der Waals surface area contributed by atoms with Crippen LogP contribution >= 0.6 is 24.8 Å². The summed E-state index contributed by atoms with van der Waals surface area (Å²) in [4.78, 5) is 17.0. The van der Waals surface area contributed by atoms with Gasteiger partial charge in [-0.3, -0.25) is 9.69 Å².